The van der Waals surface area contributed by atoms with Crippen molar-refractivity contribution >= 4 is 6.20 Å². The Labute approximate surface area is 158 Å². The Morgan fingerprint density at radius 1 is 1.07 bits per heavy atom. The maximum Gasteiger partial charge on any atom is 0.573 e. The van der Waals surface area contributed by atoms with Crippen LogP contribution >= 0.6 is 0 Å². The largest absolute Gasteiger partial charge is 0.573 e. The first-order valence-corrected chi connectivity index (χ1v) is 8.47. The molecule has 4 rings (SSSR count). The van der Waals surface area contributed by atoms with Crippen molar-refractivity contribution in [3.8, 4) is 16.9 Å². The molecule has 3 aromatic rings. The summed E-state index contributed by atoms with van der Waals surface area (Å²) in [6, 6.07) is 11.5. The Bertz CT molecular complexity index is 1110. The molecule has 6 nitrogen and oxygen atoms in total. The van der Waals surface area contributed by atoms with E-state index in [1.165, 1.54) is 12.1 Å². The third kappa shape index (κ3) is 4.13. The molecule has 1 aromatic heterocycles. The van der Waals surface area contributed by atoms with Gasteiger partial charge in [0.25, 0.3) is 0 Å². The molecule has 1 aliphatic rings. The number of ether oxygens (including phenoxy) is 1. The van der Waals surface area contributed by atoms with Gasteiger partial charge in [0.05, 0.1) is 11.9 Å². The zero-order valence-corrected chi connectivity index (χ0v) is 14.9. The standard InChI is InChI=1S/C19H16F3N5O/c1-26-11-24-18(25-26)10-27-9-15-8-14(4-7-17(15)23-12-27)13-2-5-16(6-3-13)28-19(20,21)22/h2-9,11H,10,12H2,1H3. The Morgan fingerprint density at radius 3 is 2.50 bits per heavy atom. The van der Waals surface area contributed by atoms with Crippen LogP contribution in [0, 0.1) is 0 Å². The van der Waals surface area contributed by atoms with Crippen LogP contribution in [0.2, 0.25) is 0 Å². The lowest BCUT2D eigenvalue weighted by atomic mass is 10.0. The highest BCUT2D eigenvalue weighted by Gasteiger charge is 2.30. The molecule has 0 saturated carbocycles. The molecule has 0 saturated heterocycles. The average molecular weight is 387 g/mol. The fourth-order valence-electron chi connectivity index (χ4n) is 2.97. The zero-order chi connectivity index (χ0) is 19.7. The predicted octanol–water partition coefficient (Wildman–Crippen LogP) is 2.21. The second-order valence-corrected chi connectivity index (χ2v) is 6.36. The van der Waals surface area contributed by atoms with Gasteiger partial charge >= 0.3 is 6.36 Å². The van der Waals surface area contributed by atoms with Gasteiger partial charge in [-0.3, -0.25) is 9.67 Å². The third-order valence-electron chi connectivity index (χ3n) is 4.18. The van der Waals surface area contributed by atoms with Crippen LogP contribution in [-0.2, 0) is 13.6 Å². The molecular weight excluding hydrogens is 371 g/mol. The van der Waals surface area contributed by atoms with Crippen molar-refractivity contribution in [2.75, 3.05) is 6.67 Å². The van der Waals surface area contributed by atoms with E-state index in [1.54, 1.807) is 23.1 Å². The first kappa shape index (κ1) is 18.0. The van der Waals surface area contributed by atoms with Gasteiger partial charge in [-0.05, 0) is 35.4 Å². The monoisotopic (exact) mass is 387 g/mol. The molecular formula is C19H16F3N5O. The Balaban J connectivity index is 1.58. The summed E-state index contributed by atoms with van der Waals surface area (Å²) in [5.74, 6) is 0.457. The molecule has 2 heterocycles. The number of hydrogen-bond donors (Lipinski definition) is 0. The van der Waals surface area contributed by atoms with E-state index in [9.17, 15) is 13.2 Å². The van der Waals surface area contributed by atoms with Crippen LogP contribution in [-0.4, -0.2) is 32.7 Å². The summed E-state index contributed by atoms with van der Waals surface area (Å²) < 4.78 is 42.4. The normalized spacial score (nSPS) is 13.5. The number of hydrogen-bond acceptors (Lipinski definition) is 5. The summed E-state index contributed by atoms with van der Waals surface area (Å²) >= 11 is 0. The molecule has 1 aliphatic heterocycles. The maximum atomic E-state index is 12.3. The number of aromatic nitrogens is 3. The molecule has 9 heteroatoms. The fourth-order valence-corrected chi connectivity index (χ4v) is 2.97. The fraction of sp³-hybridized carbons (Fsp3) is 0.211. The summed E-state index contributed by atoms with van der Waals surface area (Å²) in [6.07, 6.45) is -1.06. The van der Waals surface area contributed by atoms with E-state index in [-0.39, 0.29) is 5.75 Å². The molecule has 28 heavy (non-hydrogen) atoms. The molecule has 0 atom stereocenters. The molecule has 0 bridgehead atoms. The van der Waals surface area contributed by atoms with Gasteiger partial charge < -0.3 is 9.64 Å². The van der Waals surface area contributed by atoms with E-state index in [2.05, 4.69) is 19.8 Å². The quantitative estimate of drug-likeness (QED) is 0.689. The van der Waals surface area contributed by atoms with Crippen molar-refractivity contribution in [2.24, 2.45) is 12.0 Å². The summed E-state index contributed by atoms with van der Waals surface area (Å²) in [4.78, 5) is 10.8. The van der Waals surface area contributed by atoms with Crippen LogP contribution in [0.5, 0.6) is 5.75 Å². The van der Waals surface area contributed by atoms with Crippen molar-refractivity contribution < 1.29 is 17.9 Å². The van der Waals surface area contributed by atoms with Crippen LogP contribution in [0.15, 0.2) is 53.8 Å². The van der Waals surface area contributed by atoms with Crippen molar-refractivity contribution in [1.82, 2.24) is 19.7 Å². The SMILES string of the molecule is Cn1cnc(CN2C=c3cc(-c4ccc(OC(F)(F)F)cc4)ccc3=NC2)n1. The van der Waals surface area contributed by atoms with E-state index in [1.807, 2.05) is 36.3 Å². The number of nitrogens with zero attached hydrogens (tertiary/aromatic N) is 5. The van der Waals surface area contributed by atoms with Gasteiger partial charge in [-0.15, -0.1) is 13.2 Å². The molecule has 144 valence electrons. The first-order chi connectivity index (χ1) is 13.4. The minimum Gasteiger partial charge on any atom is -0.406 e. The third-order valence-corrected chi connectivity index (χ3v) is 4.18. The van der Waals surface area contributed by atoms with E-state index < -0.39 is 6.36 Å². The first-order valence-electron chi connectivity index (χ1n) is 8.47. The van der Waals surface area contributed by atoms with Gasteiger partial charge in [0.15, 0.2) is 5.82 Å². The van der Waals surface area contributed by atoms with E-state index >= 15 is 0 Å². The van der Waals surface area contributed by atoms with Crippen LogP contribution in [0.25, 0.3) is 17.3 Å². The second-order valence-electron chi connectivity index (χ2n) is 6.36. The molecule has 0 amide bonds. The number of alkyl halides is 3. The second kappa shape index (κ2) is 6.99. The number of rotatable bonds is 4. The summed E-state index contributed by atoms with van der Waals surface area (Å²) in [5.41, 5.74) is 1.66. The minimum atomic E-state index is -4.70. The highest BCUT2D eigenvalue weighted by atomic mass is 19.4. The molecule has 0 fully saturated rings. The van der Waals surface area contributed by atoms with Gasteiger partial charge in [0, 0.05) is 18.5 Å². The summed E-state index contributed by atoms with van der Waals surface area (Å²) in [5, 5.41) is 6.06. The predicted molar refractivity (Wildman–Crippen MR) is 95.2 cm³/mol. The molecule has 0 aliphatic carbocycles. The number of fused-ring (bicyclic) bond motifs is 1. The van der Waals surface area contributed by atoms with Crippen LogP contribution < -0.4 is 15.3 Å². The highest BCUT2D eigenvalue weighted by molar-refractivity contribution is 5.64. The Kier molecular flexibility index (Phi) is 4.50. The van der Waals surface area contributed by atoms with E-state index in [0.717, 1.165) is 21.7 Å². The Hall–Kier alpha value is -3.36. The average Bonchev–Trinajstić information content (AvgIpc) is 3.05. The smallest absolute Gasteiger partial charge is 0.406 e. The van der Waals surface area contributed by atoms with Gasteiger partial charge in [-0.2, -0.15) is 5.10 Å². The summed E-state index contributed by atoms with van der Waals surface area (Å²) in [7, 11) is 1.81. The lowest BCUT2D eigenvalue weighted by Gasteiger charge is -2.19. The van der Waals surface area contributed by atoms with Crippen LogP contribution in [0.4, 0.5) is 13.2 Å². The number of aryl methyl sites for hydroxylation is 1. The molecule has 0 unspecified atom stereocenters. The van der Waals surface area contributed by atoms with Gasteiger partial charge in [0.1, 0.15) is 18.7 Å². The highest BCUT2D eigenvalue weighted by Crippen LogP contribution is 2.25. The lowest BCUT2D eigenvalue weighted by Crippen LogP contribution is -2.35. The maximum absolute atomic E-state index is 12.3. The zero-order valence-electron chi connectivity index (χ0n) is 14.9. The molecule has 0 N–H and O–H groups in total. The summed E-state index contributed by atoms with van der Waals surface area (Å²) in [6.45, 7) is 1.05. The van der Waals surface area contributed by atoms with E-state index in [0.29, 0.717) is 19.0 Å². The molecule has 0 radical (unpaired) electrons. The van der Waals surface area contributed by atoms with Crippen molar-refractivity contribution in [3.63, 3.8) is 0 Å². The van der Waals surface area contributed by atoms with Gasteiger partial charge in [-0.1, -0.05) is 18.2 Å². The topological polar surface area (TPSA) is 55.5 Å². The van der Waals surface area contributed by atoms with E-state index in [4.69, 9.17) is 0 Å². The van der Waals surface area contributed by atoms with Crippen LogP contribution in [0.1, 0.15) is 5.82 Å². The van der Waals surface area contributed by atoms with Crippen molar-refractivity contribution in [1.29, 1.82) is 0 Å². The number of halogens is 3. The molecule has 2 aromatic carbocycles. The lowest BCUT2D eigenvalue weighted by molar-refractivity contribution is -0.274. The minimum absolute atomic E-state index is 0.246. The van der Waals surface area contributed by atoms with Crippen molar-refractivity contribution in [3.05, 3.63) is 65.2 Å². The van der Waals surface area contributed by atoms with Gasteiger partial charge in [0.2, 0.25) is 0 Å². The van der Waals surface area contributed by atoms with Crippen LogP contribution in [0.3, 0.4) is 0 Å². The Morgan fingerprint density at radius 2 is 1.82 bits per heavy atom. The number of benzene rings is 2. The van der Waals surface area contributed by atoms with Gasteiger partial charge in [-0.25, -0.2) is 4.98 Å². The van der Waals surface area contributed by atoms with Crippen molar-refractivity contribution in [2.45, 2.75) is 12.9 Å². The molecule has 0 spiro atoms.